The van der Waals surface area contributed by atoms with E-state index in [-0.39, 0.29) is 5.54 Å². The van der Waals surface area contributed by atoms with Gasteiger partial charge in [0.1, 0.15) is 11.5 Å². The molecule has 7 heteroatoms. The van der Waals surface area contributed by atoms with Crippen molar-refractivity contribution in [1.82, 2.24) is 15.3 Å². The van der Waals surface area contributed by atoms with E-state index in [4.69, 9.17) is 35.4 Å². The molecule has 0 unspecified atom stereocenters. The first kappa shape index (κ1) is 18.8. The van der Waals surface area contributed by atoms with E-state index in [1.807, 2.05) is 12.1 Å². The molecule has 0 aliphatic carbocycles. The number of nitrogens with zero attached hydrogens (tertiary/aromatic N) is 3. The van der Waals surface area contributed by atoms with Crippen molar-refractivity contribution in [1.29, 1.82) is 0 Å². The zero-order valence-electron chi connectivity index (χ0n) is 14.6. The highest BCUT2D eigenvalue weighted by Crippen LogP contribution is 2.35. The van der Waals surface area contributed by atoms with Crippen LogP contribution in [0.2, 0.25) is 10.0 Å². The highest BCUT2D eigenvalue weighted by molar-refractivity contribution is 6.43. The lowest BCUT2D eigenvalue weighted by atomic mass is 9.89. The van der Waals surface area contributed by atoms with Crippen LogP contribution in [-0.4, -0.2) is 35.1 Å². The first-order valence-corrected chi connectivity index (χ1v) is 9.19. The fourth-order valence-corrected chi connectivity index (χ4v) is 3.50. The van der Waals surface area contributed by atoms with Crippen molar-refractivity contribution in [3.8, 4) is 23.6 Å². The Morgan fingerprint density at radius 2 is 2.08 bits per heavy atom. The number of anilines is 2. The Morgan fingerprint density at radius 3 is 2.73 bits per heavy atom. The third-order valence-corrected chi connectivity index (χ3v) is 5.62. The highest BCUT2D eigenvalue weighted by atomic mass is 35.5. The maximum Gasteiger partial charge on any atom is 0.152 e. The summed E-state index contributed by atoms with van der Waals surface area (Å²) in [5, 5.41) is 4.31. The summed E-state index contributed by atoms with van der Waals surface area (Å²) < 4.78 is 0. The fraction of sp³-hybridized carbons (Fsp3) is 0.368. The quantitative estimate of drug-likeness (QED) is 0.781. The lowest BCUT2D eigenvalue weighted by Gasteiger charge is -2.40. The number of halogens is 2. The fourth-order valence-electron chi connectivity index (χ4n) is 3.11. The van der Waals surface area contributed by atoms with Gasteiger partial charge in [0.2, 0.25) is 0 Å². The third kappa shape index (κ3) is 3.88. The Balaban J connectivity index is 1.77. The Hall–Kier alpha value is -2.00. The van der Waals surface area contributed by atoms with Crippen molar-refractivity contribution in [3.05, 3.63) is 34.4 Å². The van der Waals surface area contributed by atoms with E-state index in [1.54, 1.807) is 12.3 Å². The van der Waals surface area contributed by atoms with Crippen LogP contribution in [0, 0.1) is 12.3 Å². The second-order valence-corrected chi connectivity index (χ2v) is 7.45. The van der Waals surface area contributed by atoms with Crippen LogP contribution in [0.25, 0.3) is 11.3 Å². The van der Waals surface area contributed by atoms with Gasteiger partial charge in [0.05, 0.1) is 22.8 Å². The molecule has 2 heterocycles. The molecule has 1 aromatic heterocycles. The average Bonchev–Trinajstić information content (AvgIpc) is 2.63. The second-order valence-electron chi connectivity index (χ2n) is 6.67. The lowest BCUT2D eigenvalue weighted by molar-refractivity contribution is 0.296. The van der Waals surface area contributed by atoms with Gasteiger partial charge in [-0.2, -0.15) is 0 Å². The topological polar surface area (TPSA) is 67.1 Å². The summed E-state index contributed by atoms with van der Waals surface area (Å²) in [5.74, 6) is 3.74. The summed E-state index contributed by atoms with van der Waals surface area (Å²) in [5.41, 5.74) is 7.43. The van der Waals surface area contributed by atoms with Gasteiger partial charge in [0.25, 0.3) is 0 Å². The standard InChI is InChI=1S/C19H21Cl2N5/c1-3-9-24-19(2)7-10-26(11-8-19)15-12-23-17(18(22)25-15)13-5-4-6-14(20)16(13)21/h1,4-6,12,24H,7-11H2,2H3,(H2,22,25). The van der Waals surface area contributed by atoms with Gasteiger partial charge in [-0.05, 0) is 25.8 Å². The van der Waals surface area contributed by atoms with E-state index in [2.05, 4.69) is 33.0 Å². The molecule has 1 fully saturated rings. The zero-order valence-corrected chi connectivity index (χ0v) is 16.1. The smallest absolute Gasteiger partial charge is 0.152 e. The number of terminal acetylenes is 1. The molecule has 136 valence electrons. The molecule has 2 aromatic rings. The summed E-state index contributed by atoms with van der Waals surface area (Å²) in [7, 11) is 0. The van der Waals surface area contributed by atoms with Crippen LogP contribution in [0.15, 0.2) is 24.4 Å². The van der Waals surface area contributed by atoms with Crippen LogP contribution in [0.4, 0.5) is 11.6 Å². The average molecular weight is 390 g/mol. The van der Waals surface area contributed by atoms with Gasteiger partial charge < -0.3 is 16.0 Å². The van der Waals surface area contributed by atoms with Gasteiger partial charge in [-0.1, -0.05) is 41.3 Å². The Kier molecular flexibility index (Phi) is 5.57. The molecule has 1 saturated heterocycles. The van der Waals surface area contributed by atoms with E-state index < -0.39 is 0 Å². The van der Waals surface area contributed by atoms with Gasteiger partial charge in [-0.3, -0.25) is 0 Å². The molecule has 0 radical (unpaired) electrons. The van der Waals surface area contributed by atoms with Crippen molar-refractivity contribution in [2.24, 2.45) is 0 Å². The van der Waals surface area contributed by atoms with Crippen LogP contribution >= 0.6 is 23.2 Å². The van der Waals surface area contributed by atoms with Crippen LogP contribution < -0.4 is 16.0 Å². The molecule has 1 aromatic carbocycles. The van der Waals surface area contributed by atoms with Gasteiger partial charge in [0.15, 0.2) is 5.82 Å². The maximum absolute atomic E-state index is 6.27. The molecule has 0 atom stereocenters. The molecule has 26 heavy (non-hydrogen) atoms. The number of hydrogen-bond acceptors (Lipinski definition) is 5. The predicted octanol–water partition coefficient (Wildman–Crippen LogP) is 3.61. The minimum atomic E-state index is 0.0517. The van der Waals surface area contributed by atoms with Gasteiger partial charge in [-0.15, -0.1) is 6.42 Å². The Labute approximate surface area is 163 Å². The van der Waals surface area contributed by atoms with Crippen LogP contribution in [0.1, 0.15) is 19.8 Å². The molecular weight excluding hydrogens is 369 g/mol. The van der Waals surface area contributed by atoms with Crippen molar-refractivity contribution < 1.29 is 0 Å². The molecule has 0 bridgehead atoms. The molecule has 0 amide bonds. The molecule has 1 aliphatic rings. The van der Waals surface area contributed by atoms with Crippen molar-refractivity contribution in [2.75, 3.05) is 30.3 Å². The number of nitrogens with two attached hydrogens (primary N) is 1. The molecular formula is C19H21Cl2N5. The van der Waals surface area contributed by atoms with E-state index in [1.165, 1.54) is 0 Å². The largest absolute Gasteiger partial charge is 0.382 e. The van der Waals surface area contributed by atoms with Crippen molar-refractivity contribution >= 4 is 34.8 Å². The number of benzene rings is 1. The summed E-state index contributed by atoms with van der Waals surface area (Å²) in [6.07, 6.45) is 9.03. The van der Waals surface area contributed by atoms with Gasteiger partial charge in [0, 0.05) is 24.2 Å². The van der Waals surface area contributed by atoms with Crippen LogP contribution in [0.5, 0.6) is 0 Å². The summed E-state index contributed by atoms with van der Waals surface area (Å²) >= 11 is 12.4. The van der Waals surface area contributed by atoms with E-state index in [0.717, 1.165) is 31.7 Å². The third-order valence-electron chi connectivity index (χ3n) is 4.80. The molecule has 0 spiro atoms. The Morgan fingerprint density at radius 1 is 1.35 bits per heavy atom. The van der Waals surface area contributed by atoms with Crippen LogP contribution in [-0.2, 0) is 0 Å². The number of nitrogens with one attached hydrogen (secondary N) is 1. The number of aromatic nitrogens is 2. The molecule has 1 aliphatic heterocycles. The predicted molar refractivity (Wildman–Crippen MR) is 109 cm³/mol. The van der Waals surface area contributed by atoms with E-state index >= 15 is 0 Å². The van der Waals surface area contributed by atoms with E-state index in [9.17, 15) is 0 Å². The van der Waals surface area contributed by atoms with Crippen LogP contribution in [0.3, 0.4) is 0 Å². The monoisotopic (exact) mass is 389 g/mol. The highest BCUT2D eigenvalue weighted by Gasteiger charge is 2.30. The second kappa shape index (κ2) is 7.71. The number of nitrogen functional groups attached to an aromatic ring is 1. The summed E-state index contributed by atoms with van der Waals surface area (Å²) in [6.45, 7) is 4.50. The first-order chi connectivity index (χ1) is 12.4. The number of piperidine rings is 1. The SMILES string of the molecule is C#CCNC1(C)CCN(c2cnc(-c3cccc(Cl)c3Cl)c(N)n2)CC1. The molecule has 5 nitrogen and oxygen atoms in total. The Bertz CT molecular complexity index is 838. The molecule has 3 rings (SSSR count). The lowest BCUT2D eigenvalue weighted by Crippen LogP contribution is -2.51. The van der Waals surface area contributed by atoms with Gasteiger partial charge in [-0.25, -0.2) is 9.97 Å². The summed E-state index contributed by atoms with van der Waals surface area (Å²) in [6, 6.07) is 5.37. The minimum Gasteiger partial charge on any atom is -0.382 e. The minimum absolute atomic E-state index is 0.0517. The first-order valence-electron chi connectivity index (χ1n) is 8.44. The number of rotatable bonds is 4. The number of hydrogen-bond donors (Lipinski definition) is 2. The maximum atomic E-state index is 6.27. The van der Waals surface area contributed by atoms with Gasteiger partial charge >= 0.3 is 0 Å². The normalized spacial score (nSPS) is 16.3. The summed E-state index contributed by atoms with van der Waals surface area (Å²) in [4.78, 5) is 11.2. The van der Waals surface area contributed by atoms with Crippen molar-refractivity contribution in [2.45, 2.75) is 25.3 Å². The molecule has 3 N–H and O–H groups in total. The zero-order chi connectivity index (χ0) is 18.7. The molecule has 0 saturated carbocycles. The van der Waals surface area contributed by atoms with Crippen molar-refractivity contribution in [3.63, 3.8) is 0 Å². The van der Waals surface area contributed by atoms with E-state index in [0.29, 0.717) is 33.7 Å².